The highest BCUT2D eigenvalue weighted by Gasteiger charge is 2.29. The maximum atomic E-state index is 9.93. The van der Waals surface area contributed by atoms with E-state index in [2.05, 4.69) is 52.7 Å². The molecule has 0 radical (unpaired) electrons. The Bertz CT molecular complexity index is 1820. The maximum Gasteiger partial charge on any atom is 0.109 e. The molecule has 3 aromatic carbocycles. The Hall–Kier alpha value is -4.16. The molecule has 0 unspecified atom stereocenters. The van der Waals surface area contributed by atoms with Crippen LogP contribution in [-0.2, 0) is 6.54 Å². The van der Waals surface area contributed by atoms with Gasteiger partial charge in [-0.3, -0.25) is 9.88 Å². The fraction of sp³-hybridized carbons (Fsp3) is 0.314. The summed E-state index contributed by atoms with van der Waals surface area (Å²) < 4.78 is 2.01. The Balaban J connectivity index is 1.35. The van der Waals surface area contributed by atoms with Crippen LogP contribution in [0.15, 0.2) is 79.1 Å². The zero-order valence-corrected chi connectivity index (χ0v) is 27.1. The molecule has 2 aromatic heterocycles. The van der Waals surface area contributed by atoms with Crippen molar-refractivity contribution in [2.45, 2.75) is 57.8 Å². The van der Waals surface area contributed by atoms with Crippen molar-refractivity contribution in [3.05, 3.63) is 112 Å². The molecule has 1 aliphatic heterocycles. The number of likely N-dealkylation sites (tertiary alicyclic amines) is 1. The van der Waals surface area contributed by atoms with E-state index < -0.39 is 0 Å². The van der Waals surface area contributed by atoms with Gasteiger partial charge in [0.2, 0.25) is 0 Å². The first-order valence-electron chi connectivity index (χ1n) is 15.2. The van der Waals surface area contributed by atoms with Gasteiger partial charge in [0.1, 0.15) is 11.8 Å². The molecule has 45 heavy (non-hydrogen) atoms. The van der Waals surface area contributed by atoms with E-state index in [1.165, 1.54) is 0 Å². The van der Waals surface area contributed by atoms with Crippen LogP contribution < -0.4 is 10.6 Å². The van der Waals surface area contributed by atoms with Crippen molar-refractivity contribution in [2.75, 3.05) is 23.7 Å². The van der Waals surface area contributed by atoms with E-state index in [9.17, 15) is 5.26 Å². The second-order valence-corrected chi connectivity index (χ2v) is 13.4. The first kappa shape index (κ1) is 30.8. The Kier molecular flexibility index (Phi) is 8.95. The number of piperidine rings is 1. The number of halogens is 2. The number of aromatic nitrogens is 4. The number of nitrogens with one attached hydrogen (secondary N) is 2. The Morgan fingerprint density at radius 1 is 1.00 bits per heavy atom. The number of hydrogen-bond acceptors (Lipinski definition) is 7. The lowest BCUT2D eigenvalue weighted by Gasteiger charge is -2.40. The van der Waals surface area contributed by atoms with Gasteiger partial charge >= 0.3 is 0 Å². The summed E-state index contributed by atoms with van der Waals surface area (Å²) in [6.07, 6.45) is 5.68. The predicted molar refractivity (Wildman–Crippen MR) is 182 cm³/mol. The highest BCUT2D eigenvalue weighted by molar-refractivity contribution is 6.32. The fourth-order valence-corrected chi connectivity index (χ4v) is 6.32. The van der Waals surface area contributed by atoms with Gasteiger partial charge in [-0.25, -0.2) is 4.68 Å². The van der Waals surface area contributed by atoms with Crippen LogP contribution in [0.3, 0.4) is 0 Å². The summed E-state index contributed by atoms with van der Waals surface area (Å²) in [5.74, 6) is 0. The third-order valence-electron chi connectivity index (χ3n) is 8.48. The zero-order valence-electron chi connectivity index (χ0n) is 25.6. The van der Waals surface area contributed by atoms with Crippen LogP contribution in [0.1, 0.15) is 68.1 Å². The quantitative estimate of drug-likeness (QED) is 0.177. The first-order valence-corrected chi connectivity index (χ1v) is 15.9. The summed E-state index contributed by atoms with van der Waals surface area (Å²) in [6.45, 7) is 9.39. The minimum atomic E-state index is -0.356. The molecule has 1 atom stereocenters. The number of anilines is 2. The summed E-state index contributed by atoms with van der Waals surface area (Å²) in [7, 11) is 0. The van der Waals surface area contributed by atoms with Crippen LogP contribution >= 0.6 is 23.2 Å². The summed E-state index contributed by atoms with van der Waals surface area (Å²) in [5.41, 5.74) is 5.54. The van der Waals surface area contributed by atoms with Crippen molar-refractivity contribution in [2.24, 2.45) is 0 Å². The minimum absolute atomic E-state index is 0.154. The third-order valence-corrected chi connectivity index (χ3v) is 8.95. The molecule has 0 saturated carbocycles. The van der Waals surface area contributed by atoms with Gasteiger partial charge in [-0.15, -0.1) is 5.10 Å². The topological polar surface area (TPSA) is 94.7 Å². The highest BCUT2D eigenvalue weighted by atomic mass is 35.5. The molecule has 1 fully saturated rings. The molecule has 2 N–H and O–H groups in total. The number of rotatable bonds is 8. The standard InChI is InChI=1S/C35H36Cl2N8/c1-35(2,3)44-15-13-28(14-16-44)45-22-31(42-43-45)33(24-9-11-26(36)12-10-24)41-30-18-27(37)17-29-32(25(19-38)21-40-34(29)30)39-20-23-7-5-4-6-8-23/h4-12,17-18,21-22,28,33,41H,13-16,20H2,1-3H3,(H,39,40)/t33-/m0/s1. The van der Waals surface area contributed by atoms with Crippen LogP contribution in [0.2, 0.25) is 10.0 Å². The van der Waals surface area contributed by atoms with Crippen LogP contribution in [0.25, 0.3) is 10.9 Å². The molecule has 0 amide bonds. The monoisotopic (exact) mass is 638 g/mol. The molecular weight excluding hydrogens is 603 g/mol. The summed E-state index contributed by atoms with van der Waals surface area (Å²) in [6, 6.07) is 23.7. The molecule has 0 aliphatic carbocycles. The van der Waals surface area contributed by atoms with Crippen LogP contribution in [0.4, 0.5) is 11.4 Å². The normalized spacial score (nSPS) is 15.1. The molecule has 6 rings (SSSR count). The Morgan fingerprint density at radius 2 is 1.73 bits per heavy atom. The van der Waals surface area contributed by atoms with Gasteiger partial charge in [-0.05, 0) is 69.0 Å². The Morgan fingerprint density at radius 3 is 2.42 bits per heavy atom. The molecule has 0 bridgehead atoms. The van der Waals surface area contributed by atoms with Crippen LogP contribution in [-0.4, -0.2) is 43.5 Å². The van der Waals surface area contributed by atoms with Gasteiger partial charge in [-0.1, -0.05) is 70.9 Å². The molecule has 1 aliphatic rings. The van der Waals surface area contributed by atoms with E-state index in [0.717, 1.165) is 53.8 Å². The highest BCUT2D eigenvalue weighted by Crippen LogP contribution is 2.37. The molecule has 0 spiro atoms. The van der Waals surface area contributed by atoms with Crippen molar-refractivity contribution < 1.29 is 0 Å². The number of nitriles is 1. The van der Waals surface area contributed by atoms with E-state index in [1.807, 2.05) is 77.6 Å². The SMILES string of the molecule is CC(C)(C)N1CCC(n2cc([C@@H](Nc3cc(Cl)cc4c(NCc5ccccc5)c(C#N)cnc34)c3ccc(Cl)cc3)nn2)CC1. The van der Waals surface area contributed by atoms with Gasteiger partial charge in [0.15, 0.2) is 0 Å². The van der Waals surface area contributed by atoms with E-state index >= 15 is 0 Å². The van der Waals surface area contributed by atoms with Crippen molar-refractivity contribution >= 4 is 45.5 Å². The van der Waals surface area contributed by atoms with Gasteiger partial charge < -0.3 is 10.6 Å². The van der Waals surface area contributed by atoms with Gasteiger partial charge in [0, 0.05) is 46.8 Å². The lowest BCUT2D eigenvalue weighted by atomic mass is 9.98. The second kappa shape index (κ2) is 13.1. The lowest BCUT2D eigenvalue weighted by molar-refractivity contribution is 0.0866. The average Bonchev–Trinajstić information content (AvgIpc) is 3.53. The molecule has 10 heteroatoms. The van der Waals surface area contributed by atoms with E-state index in [-0.39, 0.29) is 17.6 Å². The third kappa shape index (κ3) is 6.91. The zero-order chi connectivity index (χ0) is 31.6. The van der Waals surface area contributed by atoms with Gasteiger partial charge in [0.05, 0.1) is 40.7 Å². The molecular formula is C35H36Cl2N8. The number of nitrogens with zero attached hydrogens (tertiary/aromatic N) is 6. The molecule has 5 aromatic rings. The van der Waals surface area contributed by atoms with Gasteiger partial charge in [0.25, 0.3) is 0 Å². The fourth-order valence-electron chi connectivity index (χ4n) is 5.98. The number of benzene rings is 3. The number of hydrogen-bond donors (Lipinski definition) is 2. The van der Waals surface area contributed by atoms with Crippen LogP contribution in [0, 0.1) is 11.3 Å². The second-order valence-electron chi connectivity index (χ2n) is 12.5. The first-order chi connectivity index (χ1) is 21.7. The predicted octanol–water partition coefficient (Wildman–Crippen LogP) is 8.25. The molecule has 8 nitrogen and oxygen atoms in total. The maximum absolute atomic E-state index is 9.93. The van der Waals surface area contributed by atoms with Crippen molar-refractivity contribution in [3.8, 4) is 6.07 Å². The Labute approximate surface area is 274 Å². The van der Waals surface area contributed by atoms with E-state index in [0.29, 0.717) is 33.4 Å². The van der Waals surface area contributed by atoms with Crippen LogP contribution in [0.5, 0.6) is 0 Å². The summed E-state index contributed by atoms with van der Waals surface area (Å²) in [4.78, 5) is 7.24. The average molecular weight is 640 g/mol. The van der Waals surface area contributed by atoms with E-state index in [4.69, 9.17) is 28.2 Å². The van der Waals surface area contributed by atoms with Crippen molar-refractivity contribution in [1.82, 2.24) is 24.9 Å². The smallest absolute Gasteiger partial charge is 0.109 e. The lowest BCUT2D eigenvalue weighted by Crippen LogP contribution is -2.46. The molecule has 3 heterocycles. The van der Waals surface area contributed by atoms with Crippen molar-refractivity contribution in [1.29, 1.82) is 5.26 Å². The minimum Gasteiger partial charge on any atom is -0.379 e. The molecule has 1 saturated heterocycles. The van der Waals surface area contributed by atoms with E-state index in [1.54, 1.807) is 6.20 Å². The summed E-state index contributed by atoms with van der Waals surface area (Å²) >= 11 is 13.0. The molecule has 230 valence electrons. The van der Waals surface area contributed by atoms with Gasteiger partial charge in [-0.2, -0.15) is 5.26 Å². The largest absolute Gasteiger partial charge is 0.379 e. The number of fused-ring (bicyclic) bond motifs is 1. The summed E-state index contributed by atoms with van der Waals surface area (Å²) in [5, 5.41) is 28.3. The number of pyridine rings is 1. The van der Waals surface area contributed by atoms with Crippen molar-refractivity contribution in [3.63, 3.8) is 0 Å².